The van der Waals surface area contributed by atoms with E-state index in [1.165, 1.54) is 7.11 Å². The minimum atomic E-state index is -0.383. The van der Waals surface area contributed by atoms with Crippen LogP contribution in [-0.2, 0) is 19.1 Å². The molecule has 2 atom stereocenters. The van der Waals surface area contributed by atoms with Crippen molar-refractivity contribution in [3.05, 3.63) is 0 Å². The number of carbonyl (C=O) groups is 2. The van der Waals surface area contributed by atoms with E-state index in [4.69, 9.17) is 9.47 Å². The summed E-state index contributed by atoms with van der Waals surface area (Å²) in [6, 6.07) is -0.684. The molecule has 0 saturated carbocycles. The number of likely N-dealkylation sites (tertiary alicyclic amines) is 1. The normalized spacial score (nSPS) is 22.8. The highest BCUT2D eigenvalue weighted by Gasteiger charge is 2.37. The minimum absolute atomic E-state index is 0.270. The maximum atomic E-state index is 11.6. The highest BCUT2D eigenvalue weighted by molar-refractivity contribution is 5.79. The van der Waals surface area contributed by atoms with E-state index in [2.05, 4.69) is 0 Å². The molecule has 0 N–H and O–H groups in total. The van der Waals surface area contributed by atoms with Crippen LogP contribution in [0.15, 0.2) is 0 Å². The van der Waals surface area contributed by atoms with E-state index in [0.29, 0.717) is 6.61 Å². The van der Waals surface area contributed by atoms with Gasteiger partial charge in [-0.05, 0) is 33.2 Å². The number of nitrogens with zero attached hydrogens (tertiary/aromatic N) is 1. The lowest BCUT2D eigenvalue weighted by molar-refractivity contribution is -0.153. The molecule has 0 bridgehead atoms. The summed E-state index contributed by atoms with van der Waals surface area (Å²) in [6.07, 6.45) is 1.65. The summed E-state index contributed by atoms with van der Waals surface area (Å²) in [7, 11) is 1.37. The molecule has 1 fully saturated rings. The lowest BCUT2D eigenvalue weighted by atomic mass is 10.2. The monoisotopic (exact) mass is 229 g/mol. The lowest BCUT2D eigenvalue weighted by Crippen LogP contribution is -2.46. The molecule has 1 heterocycles. The zero-order valence-electron chi connectivity index (χ0n) is 10.1. The Bertz CT molecular complexity index is 267. The Morgan fingerprint density at radius 1 is 1.50 bits per heavy atom. The van der Waals surface area contributed by atoms with Gasteiger partial charge in [0.2, 0.25) is 0 Å². The van der Waals surface area contributed by atoms with Crippen molar-refractivity contribution < 1.29 is 19.1 Å². The van der Waals surface area contributed by atoms with Gasteiger partial charge in [-0.25, -0.2) is 0 Å². The second-order valence-corrected chi connectivity index (χ2v) is 3.85. The first kappa shape index (κ1) is 13.0. The first-order valence-electron chi connectivity index (χ1n) is 5.62. The topological polar surface area (TPSA) is 55.8 Å². The minimum Gasteiger partial charge on any atom is -0.468 e. The van der Waals surface area contributed by atoms with E-state index >= 15 is 0 Å². The number of carbonyl (C=O) groups excluding carboxylic acids is 2. The third-order valence-electron chi connectivity index (χ3n) is 2.89. The second kappa shape index (κ2) is 5.84. The first-order chi connectivity index (χ1) is 7.61. The predicted molar refractivity (Wildman–Crippen MR) is 57.8 cm³/mol. The molecule has 0 aromatic carbocycles. The van der Waals surface area contributed by atoms with Gasteiger partial charge < -0.3 is 9.47 Å². The van der Waals surface area contributed by atoms with Crippen molar-refractivity contribution in [2.75, 3.05) is 20.3 Å². The Morgan fingerprint density at radius 2 is 2.19 bits per heavy atom. The fourth-order valence-corrected chi connectivity index (χ4v) is 2.04. The maximum Gasteiger partial charge on any atom is 0.323 e. The quantitative estimate of drug-likeness (QED) is 0.660. The summed E-state index contributed by atoms with van der Waals surface area (Å²) >= 11 is 0. The highest BCUT2D eigenvalue weighted by atomic mass is 16.5. The molecule has 0 amide bonds. The highest BCUT2D eigenvalue weighted by Crippen LogP contribution is 2.21. The van der Waals surface area contributed by atoms with E-state index in [1.54, 1.807) is 13.8 Å². The smallest absolute Gasteiger partial charge is 0.323 e. The van der Waals surface area contributed by atoms with Gasteiger partial charge in [-0.15, -0.1) is 0 Å². The second-order valence-electron chi connectivity index (χ2n) is 3.85. The summed E-state index contributed by atoms with van der Waals surface area (Å²) in [5, 5.41) is 0. The van der Waals surface area contributed by atoms with E-state index in [9.17, 15) is 9.59 Å². The Balaban J connectivity index is 2.63. The number of methoxy groups -OCH3 is 1. The van der Waals surface area contributed by atoms with Crippen molar-refractivity contribution >= 4 is 11.9 Å². The molecule has 5 heteroatoms. The van der Waals surface area contributed by atoms with Crippen LogP contribution in [0.5, 0.6) is 0 Å². The van der Waals surface area contributed by atoms with Crippen molar-refractivity contribution in [2.45, 2.75) is 38.8 Å². The number of hydrogen-bond acceptors (Lipinski definition) is 5. The predicted octanol–water partition coefficient (Wildman–Crippen LogP) is 0.575. The van der Waals surface area contributed by atoms with E-state index in [-0.39, 0.29) is 24.0 Å². The van der Waals surface area contributed by atoms with Crippen LogP contribution in [0.3, 0.4) is 0 Å². The van der Waals surface area contributed by atoms with Crippen LogP contribution in [0.1, 0.15) is 26.7 Å². The van der Waals surface area contributed by atoms with Crippen molar-refractivity contribution in [3.8, 4) is 0 Å². The molecule has 92 valence electrons. The van der Waals surface area contributed by atoms with Gasteiger partial charge in [-0.2, -0.15) is 0 Å². The summed E-state index contributed by atoms with van der Waals surface area (Å²) in [4.78, 5) is 24.9. The Labute approximate surface area is 95.7 Å². The SMILES string of the molecule is CCOC(=O)C(C)N1CCCC1C(=O)OC. The molecule has 0 aromatic rings. The van der Waals surface area contributed by atoms with Crippen LogP contribution in [0.25, 0.3) is 0 Å². The van der Waals surface area contributed by atoms with Gasteiger partial charge in [0.1, 0.15) is 12.1 Å². The van der Waals surface area contributed by atoms with Crippen LogP contribution in [0.4, 0.5) is 0 Å². The summed E-state index contributed by atoms with van der Waals surface area (Å²) < 4.78 is 9.67. The average molecular weight is 229 g/mol. The fraction of sp³-hybridized carbons (Fsp3) is 0.818. The molecule has 0 aromatic heterocycles. The largest absolute Gasteiger partial charge is 0.468 e. The molecule has 1 aliphatic rings. The Kier molecular flexibility index (Phi) is 4.73. The van der Waals surface area contributed by atoms with Gasteiger partial charge in [0.15, 0.2) is 0 Å². The molecule has 1 rings (SSSR count). The van der Waals surface area contributed by atoms with Gasteiger partial charge in [-0.1, -0.05) is 0 Å². The van der Waals surface area contributed by atoms with E-state index < -0.39 is 0 Å². The van der Waals surface area contributed by atoms with Crippen LogP contribution >= 0.6 is 0 Å². The number of ether oxygens (including phenoxy) is 2. The Hall–Kier alpha value is -1.10. The molecule has 1 aliphatic heterocycles. The van der Waals surface area contributed by atoms with Crippen molar-refractivity contribution in [2.24, 2.45) is 0 Å². The van der Waals surface area contributed by atoms with Crippen LogP contribution in [-0.4, -0.2) is 49.2 Å². The fourth-order valence-electron chi connectivity index (χ4n) is 2.04. The maximum absolute atomic E-state index is 11.6. The summed E-state index contributed by atoms with van der Waals surface area (Å²) in [5.41, 5.74) is 0. The van der Waals surface area contributed by atoms with Crippen LogP contribution in [0, 0.1) is 0 Å². The Morgan fingerprint density at radius 3 is 2.75 bits per heavy atom. The molecule has 16 heavy (non-hydrogen) atoms. The van der Waals surface area contributed by atoms with Gasteiger partial charge >= 0.3 is 11.9 Å². The van der Waals surface area contributed by atoms with Gasteiger partial charge in [0.25, 0.3) is 0 Å². The zero-order valence-corrected chi connectivity index (χ0v) is 10.1. The summed E-state index contributed by atoms with van der Waals surface area (Å²) in [6.45, 7) is 4.63. The number of esters is 2. The van der Waals surface area contributed by atoms with Gasteiger partial charge in [-0.3, -0.25) is 14.5 Å². The van der Waals surface area contributed by atoms with Crippen LogP contribution < -0.4 is 0 Å². The van der Waals surface area contributed by atoms with Gasteiger partial charge in [0.05, 0.1) is 13.7 Å². The van der Waals surface area contributed by atoms with Crippen molar-refractivity contribution in [1.29, 1.82) is 0 Å². The molecular formula is C11H19NO4. The van der Waals surface area contributed by atoms with Crippen molar-refractivity contribution in [3.63, 3.8) is 0 Å². The molecule has 0 aliphatic carbocycles. The molecule has 2 unspecified atom stereocenters. The van der Waals surface area contributed by atoms with Crippen molar-refractivity contribution in [1.82, 2.24) is 4.90 Å². The average Bonchev–Trinajstić information content (AvgIpc) is 2.76. The van der Waals surface area contributed by atoms with Crippen LogP contribution in [0.2, 0.25) is 0 Å². The summed E-state index contributed by atoms with van der Waals surface area (Å²) in [5.74, 6) is -0.549. The number of rotatable bonds is 4. The van der Waals surface area contributed by atoms with Gasteiger partial charge in [0, 0.05) is 0 Å². The standard InChI is InChI=1S/C11H19NO4/c1-4-16-10(13)8(2)12-7-5-6-9(12)11(14)15-3/h8-9H,4-7H2,1-3H3. The van der Waals surface area contributed by atoms with E-state index in [0.717, 1.165) is 19.4 Å². The molecule has 5 nitrogen and oxygen atoms in total. The number of hydrogen-bond donors (Lipinski definition) is 0. The van der Waals surface area contributed by atoms with E-state index in [1.807, 2.05) is 4.90 Å². The third-order valence-corrected chi connectivity index (χ3v) is 2.89. The lowest BCUT2D eigenvalue weighted by Gasteiger charge is -2.27. The molecular weight excluding hydrogens is 210 g/mol. The third kappa shape index (κ3) is 2.72. The molecule has 0 spiro atoms. The molecule has 0 radical (unpaired) electrons. The zero-order chi connectivity index (χ0) is 12.1. The first-order valence-corrected chi connectivity index (χ1v) is 5.62. The molecule has 1 saturated heterocycles.